The van der Waals surface area contributed by atoms with Crippen LogP contribution in [-0.4, -0.2) is 29.0 Å². The molecule has 0 saturated carbocycles. The monoisotopic (exact) mass is 250 g/mol. The third-order valence-electron chi connectivity index (χ3n) is 3.16. The first-order valence-electron chi connectivity index (χ1n) is 6.26. The fourth-order valence-electron chi connectivity index (χ4n) is 2.19. The van der Waals surface area contributed by atoms with Crippen LogP contribution in [0.5, 0.6) is 0 Å². The maximum atomic E-state index is 10.9. The topological polar surface area (TPSA) is 80.1 Å². The van der Waals surface area contributed by atoms with Crippen LogP contribution >= 0.6 is 0 Å². The molecule has 2 heterocycles. The molecule has 1 aromatic heterocycles. The van der Waals surface area contributed by atoms with E-state index in [0.717, 1.165) is 18.7 Å². The number of hydrogen-bond acceptors (Lipinski definition) is 5. The van der Waals surface area contributed by atoms with Crippen molar-refractivity contribution in [3.8, 4) is 0 Å². The van der Waals surface area contributed by atoms with Crippen LogP contribution in [0.1, 0.15) is 25.0 Å². The number of aromatic nitrogens is 1. The number of nitrogens with one attached hydrogen (secondary N) is 2. The summed E-state index contributed by atoms with van der Waals surface area (Å²) in [5, 5.41) is 17.3. The van der Waals surface area contributed by atoms with E-state index in [1.807, 2.05) is 6.92 Å². The molecule has 1 aliphatic heterocycles. The molecule has 0 unspecified atom stereocenters. The van der Waals surface area contributed by atoms with E-state index in [1.165, 1.54) is 18.9 Å². The number of pyridine rings is 1. The van der Waals surface area contributed by atoms with E-state index < -0.39 is 4.92 Å². The van der Waals surface area contributed by atoms with Gasteiger partial charge in [0.15, 0.2) is 0 Å². The molecule has 2 rings (SSSR count). The van der Waals surface area contributed by atoms with Crippen LogP contribution in [0, 0.1) is 17.0 Å². The van der Waals surface area contributed by atoms with Crippen LogP contribution in [0.3, 0.4) is 0 Å². The molecule has 1 fully saturated rings. The molecule has 0 amide bonds. The minimum atomic E-state index is -0.400. The molecular formula is C12H18N4O2. The number of anilines is 1. The van der Waals surface area contributed by atoms with Crippen molar-refractivity contribution in [2.45, 2.75) is 32.2 Å². The molecule has 6 heteroatoms. The van der Waals surface area contributed by atoms with Gasteiger partial charge in [0, 0.05) is 24.3 Å². The van der Waals surface area contributed by atoms with Gasteiger partial charge in [-0.15, -0.1) is 0 Å². The lowest BCUT2D eigenvalue weighted by molar-refractivity contribution is -0.384. The Morgan fingerprint density at radius 3 is 3.11 bits per heavy atom. The smallest absolute Gasteiger partial charge is 0.311 e. The van der Waals surface area contributed by atoms with Crippen LogP contribution in [0.25, 0.3) is 0 Å². The Hall–Kier alpha value is -1.69. The quantitative estimate of drug-likeness (QED) is 0.615. The average molecular weight is 250 g/mol. The summed E-state index contributed by atoms with van der Waals surface area (Å²) in [7, 11) is 0. The zero-order valence-corrected chi connectivity index (χ0v) is 10.5. The normalized spacial score (nSPS) is 18.8. The van der Waals surface area contributed by atoms with Gasteiger partial charge in [0.25, 0.3) is 0 Å². The third-order valence-corrected chi connectivity index (χ3v) is 3.16. The van der Waals surface area contributed by atoms with E-state index in [0.29, 0.717) is 18.4 Å². The number of rotatable bonds is 5. The van der Waals surface area contributed by atoms with Crippen LogP contribution in [0.2, 0.25) is 0 Å². The Morgan fingerprint density at radius 1 is 1.61 bits per heavy atom. The van der Waals surface area contributed by atoms with Crippen molar-refractivity contribution in [3.63, 3.8) is 0 Å². The standard InChI is InChI=1S/C12H18N4O2/c1-9-4-5-11(16(17)18)12(15-9)14-8-6-10-3-2-7-13-10/h4-5,10,13H,2-3,6-8H2,1H3,(H,14,15)/t10-/m0/s1. The summed E-state index contributed by atoms with van der Waals surface area (Å²) < 4.78 is 0. The molecule has 6 nitrogen and oxygen atoms in total. The number of aryl methyl sites for hydroxylation is 1. The highest BCUT2D eigenvalue weighted by molar-refractivity contribution is 5.55. The molecule has 98 valence electrons. The number of nitro groups is 1. The molecular weight excluding hydrogens is 232 g/mol. The van der Waals surface area contributed by atoms with Crippen LogP contribution < -0.4 is 10.6 Å². The van der Waals surface area contributed by atoms with Crippen LogP contribution in [-0.2, 0) is 0 Å². The highest BCUT2D eigenvalue weighted by Crippen LogP contribution is 2.22. The average Bonchev–Trinajstić information content (AvgIpc) is 2.82. The molecule has 1 aliphatic rings. The maximum Gasteiger partial charge on any atom is 0.311 e. The van der Waals surface area contributed by atoms with E-state index in [-0.39, 0.29) is 5.69 Å². The van der Waals surface area contributed by atoms with Crippen LogP contribution in [0.4, 0.5) is 11.5 Å². The summed E-state index contributed by atoms with van der Waals surface area (Å²) in [6.45, 7) is 3.61. The summed E-state index contributed by atoms with van der Waals surface area (Å²) in [5.41, 5.74) is 0.821. The second-order valence-electron chi connectivity index (χ2n) is 4.59. The molecule has 0 bridgehead atoms. The van der Waals surface area contributed by atoms with Crippen LogP contribution in [0.15, 0.2) is 12.1 Å². The van der Waals surface area contributed by atoms with Gasteiger partial charge < -0.3 is 10.6 Å². The molecule has 0 aliphatic carbocycles. The fourth-order valence-corrected chi connectivity index (χ4v) is 2.19. The molecule has 0 spiro atoms. The number of nitrogens with zero attached hydrogens (tertiary/aromatic N) is 2. The Balaban J connectivity index is 1.94. The van der Waals surface area contributed by atoms with Gasteiger partial charge in [0.1, 0.15) is 0 Å². The minimum Gasteiger partial charge on any atom is -0.364 e. The predicted octanol–water partition coefficient (Wildman–Crippen LogP) is 1.85. The predicted molar refractivity (Wildman–Crippen MR) is 69.8 cm³/mol. The second kappa shape index (κ2) is 5.77. The van der Waals surface area contributed by atoms with Crippen molar-refractivity contribution in [1.82, 2.24) is 10.3 Å². The fraction of sp³-hybridized carbons (Fsp3) is 0.583. The van der Waals surface area contributed by atoms with Gasteiger partial charge >= 0.3 is 5.69 Å². The van der Waals surface area contributed by atoms with E-state index in [2.05, 4.69) is 15.6 Å². The summed E-state index contributed by atoms with van der Waals surface area (Å²) in [6, 6.07) is 3.68. The summed E-state index contributed by atoms with van der Waals surface area (Å²) in [5.74, 6) is 0.373. The Morgan fingerprint density at radius 2 is 2.44 bits per heavy atom. The molecule has 1 aromatic rings. The molecule has 0 aromatic carbocycles. The highest BCUT2D eigenvalue weighted by Gasteiger charge is 2.17. The van der Waals surface area contributed by atoms with Gasteiger partial charge in [-0.1, -0.05) is 0 Å². The maximum absolute atomic E-state index is 10.9. The third kappa shape index (κ3) is 3.16. The first kappa shape index (κ1) is 12.8. The van der Waals surface area contributed by atoms with Crippen molar-refractivity contribution in [2.24, 2.45) is 0 Å². The van der Waals surface area contributed by atoms with Crippen molar-refractivity contribution in [3.05, 3.63) is 27.9 Å². The zero-order valence-electron chi connectivity index (χ0n) is 10.5. The van der Waals surface area contributed by atoms with E-state index >= 15 is 0 Å². The van der Waals surface area contributed by atoms with E-state index in [4.69, 9.17) is 0 Å². The Kier molecular flexibility index (Phi) is 4.09. The van der Waals surface area contributed by atoms with Gasteiger partial charge in [-0.3, -0.25) is 10.1 Å². The van der Waals surface area contributed by atoms with Gasteiger partial charge in [0.05, 0.1) is 4.92 Å². The van der Waals surface area contributed by atoms with Gasteiger partial charge in [-0.25, -0.2) is 4.98 Å². The minimum absolute atomic E-state index is 0.0416. The molecule has 18 heavy (non-hydrogen) atoms. The van der Waals surface area contributed by atoms with Gasteiger partial charge in [-0.05, 0) is 38.8 Å². The zero-order chi connectivity index (χ0) is 13.0. The van der Waals surface area contributed by atoms with Crippen molar-refractivity contribution in [1.29, 1.82) is 0 Å². The van der Waals surface area contributed by atoms with Gasteiger partial charge in [-0.2, -0.15) is 0 Å². The lowest BCUT2D eigenvalue weighted by atomic mass is 10.1. The lowest BCUT2D eigenvalue weighted by Gasteiger charge is -2.11. The SMILES string of the molecule is Cc1ccc([N+](=O)[O-])c(NCC[C@@H]2CCCN2)n1. The second-order valence-corrected chi connectivity index (χ2v) is 4.59. The Labute approximate surface area is 106 Å². The molecule has 0 radical (unpaired) electrons. The first-order chi connectivity index (χ1) is 8.66. The molecule has 1 saturated heterocycles. The highest BCUT2D eigenvalue weighted by atomic mass is 16.6. The van der Waals surface area contributed by atoms with E-state index in [9.17, 15) is 10.1 Å². The summed E-state index contributed by atoms with van der Waals surface area (Å²) >= 11 is 0. The summed E-state index contributed by atoms with van der Waals surface area (Å²) in [6.07, 6.45) is 3.37. The van der Waals surface area contributed by atoms with Crippen molar-refractivity contribution >= 4 is 11.5 Å². The largest absolute Gasteiger partial charge is 0.364 e. The molecule has 1 atom stereocenters. The van der Waals surface area contributed by atoms with Crippen molar-refractivity contribution in [2.75, 3.05) is 18.4 Å². The van der Waals surface area contributed by atoms with Crippen molar-refractivity contribution < 1.29 is 4.92 Å². The summed E-state index contributed by atoms with van der Waals surface area (Å²) in [4.78, 5) is 14.7. The van der Waals surface area contributed by atoms with E-state index in [1.54, 1.807) is 6.07 Å². The lowest BCUT2D eigenvalue weighted by Crippen LogP contribution is -2.24. The van der Waals surface area contributed by atoms with Gasteiger partial charge in [0.2, 0.25) is 5.82 Å². The Bertz CT molecular complexity index is 430. The first-order valence-corrected chi connectivity index (χ1v) is 6.26. The number of hydrogen-bond donors (Lipinski definition) is 2. The molecule has 2 N–H and O–H groups in total.